The molecule has 80 valence electrons. The number of allylic oxidation sites excluding steroid dienone is 1. The fourth-order valence-corrected chi connectivity index (χ4v) is 1.04. The molecule has 0 aliphatic heterocycles. The second-order valence-corrected chi connectivity index (χ2v) is 3.06. The lowest BCUT2D eigenvalue weighted by Crippen LogP contribution is -2.16. The lowest BCUT2D eigenvalue weighted by molar-refractivity contribution is -0.105. The third-order valence-electron chi connectivity index (χ3n) is 1.81. The first kappa shape index (κ1) is 11.5. The lowest BCUT2D eigenvalue weighted by Gasteiger charge is -2.13. The van der Waals surface area contributed by atoms with Gasteiger partial charge in [0.25, 0.3) is 0 Å². The largest absolute Gasteiger partial charge is 0.461 e. The minimum absolute atomic E-state index is 0.530. The monoisotopic (exact) mass is 206 g/mol. The van der Waals surface area contributed by atoms with Gasteiger partial charge in [-0.15, -0.1) is 0 Å². The van der Waals surface area contributed by atoms with E-state index < -0.39 is 6.29 Å². The zero-order valence-corrected chi connectivity index (χ0v) is 8.84. The van der Waals surface area contributed by atoms with Gasteiger partial charge in [-0.1, -0.05) is 18.2 Å². The molecule has 1 aromatic rings. The molecule has 0 aromatic heterocycles. The summed E-state index contributed by atoms with van der Waals surface area (Å²) in [4.78, 5) is 10.4. The maximum atomic E-state index is 10.4. The van der Waals surface area contributed by atoms with Crippen molar-refractivity contribution in [2.24, 2.45) is 0 Å². The van der Waals surface area contributed by atoms with Crippen LogP contribution in [-0.4, -0.2) is 19.7 Å². The number of methoxy groups -OCH3 is 1. The van der Waals surface area contributed by atoms with Crippen LogP contribution in [0.1, 0.15) is 6.92 Å². The normalized spacial score (nSPS) is 13.3. The second kappa shape index (κ2) is 5.98. The highest BCUT2D eigenvalue weighted by Gasteiger charge is 2.05. The van der Waals surface area contributed by atoms with Gasteiger partial charge in [0.15, 0.2) is 0 Å². The number of ether oxygens (including phenoxy) is 2. The van der Waals surface area contributed by atoms with Crippen molar-refractivity contribution >= 4 is 6.29 Å². The molecule has 1 atom stereocenters. The van der Waals surface area contributed by atoms with E-state index >= 15 is 0 Å². The van der Waals surface area contributed by atoms with Gasteiger partial charge in [-0.2, -0.15) is 0 Å². The summed E-state index contributed by atoms with van der Waals surface area (Å²) in [5, 5.41) is 0. The number of para-hydroxylation sites is 1. The van der Waals surface area contributed by atoms with Crippen molar-refractivity contribution in [1.82, 2.24) is 0 Å². The molecule has 0 amide bonds. The summed E-state index contributed by atoms with van der Waals surface area (Å²) in [7, 11) is 1.53. The number of rotatable bonds is 5. The van der Waals surface area contributed by atoms with Gasteiger partial charge in [0.05, 0.1) is 0 Å². The van der Waals surface area contributed by atoms with Gasteiger partial charge in [-0.3, -0.25) is 4.79 Å². The van der Waals surface area contributed by atoms with Gasteiger partial charge in [0.2, 0.25) is 6.29 Å². The third kappa shape index (κ3) is 3.95. The number of carbonyl (C=O) groups excluding carboxylic acids is 1. The van der Waals surface area contributed by atoms with Crippen molar-refractivity contribution in [1.29, 1.82) is 0 Å². The topological polar surface area (TPSA) is 35.5 Å². The first-order valence-corrected chi connectivity index (χ1v) is 4.64. The average molecular weight is 206 g/mol. The summed E-state index contributed by atoms with van der Waals surface area (Å²) in [5.74, 6) is 0.708. The lowest BCUT2D eigenvalue weighted by atomic mass is 10.3. The Morgan fingerprint density at radius 3 is 2.53 bits per heavy atom. The molecule has 0 aliphatic carbocycles. The van der Waals surface area contributed by atoms with Crippen LogP contribution in [0.4, 0.5) is 0 Å². The van der Waals surface area contributed by atoms with E-state index in [0.29, 0.717) is 11.3 Å². The molecule has 1 aromatic carbocycles. The Morgan fingerprint density at radius 1 is 1.33 bits per heavy atom. The van der Waals surface area contributed by atoms with Crippen molar-refractivity contribution in [3.63, 3.8) is 0 Å². The Balaban J connectivity index is 2.66. The van der Waals surface area contributed by atoms with Crippen molar-refractivity contribution in [3.05, 3.63) is 42.0 Å². The zero-order chi connectivity index (χ0) is 11.1. The smallest absolute Gasteiger partial charge is 0.220 e. The zero-order valence-electron chi connectivity index (χ0n) is 8.84. The molecule has 3 nitrogen and oxygen atoms in total. The van der Waals surface area contributed by atoms with E-state index in [0.717, 1.165) is 6.29 Å². The van der Waals surface area contributed by atoms with Crippen LogP contribution >= 0.6 is 0 Å². The first-order chi connectivity index (χ1) is 7.26. The van der Waals surface area contributed by atoms with Crippen LogP contribution in [-0.2, 0) is 9.53 Å². The Labute approximate surface area is 89.3 Å². The molecule has 0 saturated carbocycles. The van der Waals surface area contributed by atoms with Gasteiger partial charge >= 0.3 is 0 Å². The van der Waals surface area contributed by atoms with Crippen LogP contribution in [0, 0.1) is 0 Å². The SMILES string of the molecule is COC(C=C(C)C=O)Oc1ccccc1. The molecule has 0 N–H and O–H groups in total. The van der Waals surface area contributed by atoms with Crippen LogP contribution in [0.2, 0.25) is 0 Å². The number of benzene rings is 1. The van der Waals surface area contributed by atoms with Crippen LogP contribution in [0.15, 0.2) is 42.0 Å². The van der Waals surface area contributed by atoms with E-state index in [1.54, 1.807) is 13.0 Å². The molecule has 0 fully saturated rings. The third-order valence-corrected chi connectivity index (χ3v) is 1.81. The highest BCUT2D eigenvalue weighted by Crippen LogP contribution is 2.12. The summed E-state index contributed by atoms with van der Waals surface area (Å²) in [6, 6.07) is 9.31. The highest BCUT2D eigenvalue weighted by molar-refractivity contribution is 5.72. The standard InChI is InChI=1S/C12H14O3/c1-10(9-13)8-12(14-2)15-11-6-4-3-5-7-11/h3-9,12H,1-2H3. The van der Waals surface area contributed by atoms with Gasteiger partial charge in [0, 0.05) is 7.11 Å². The average Bonchev–Trinajstić information content (AvgIpc) is 2.29. The molecule has 1 unspecified atom stereocenters. The van der Waals surface area contributed by atoms with Crippen LogP contribution < -0.4 is 4.74 Å². The predicted octanol–water partition coefficient (Wildman–Crippen LogP) is 2.18. The van der Waals surface area contributed by atoms with Gasteiger partial charge in [-0.05, 0) is 30.7 Å². The number of aldehydes is 1. The molecule has 0 saturated heterocycles. The second-order valence-electron chi connectivity index (χ2n) is 3.06. The van der Waals surface area contributed by atoms with Crippen LogP contribution in [0.5, 0.6) is 5.75 Å². The molecule has 15 heavy (non-hydrogen) atoms. The predicted molar refractivity (Wildman–Crippen MR) is 57.7 cm³/mol. The van der Waals surface area contributed by atoms with Crippen molar-refractivity contribution in [3.8, 4) is 5.75 Å². The molecule has 3 heteroatoms. The number of carbonyl (C=O) groups is 1. The molecule has 1 rings (SSSR count). The number of hydrogen-bond donors (Lipinski definition) is 0. The summed E-state index contributed by atoms with van der Waals surface area (Å²) >= 11 is 0. The Hall–Kier alpha value is -1.61. The maximum Gasteiger partial charge on any atom is 0.220 e. The quantitative estimate of drug-likeness (QED) is 0.421. The Morgan fingerprint density at radius 2 is 2.00 bits per heavy atom. The fourth-order valence-electron chi connectivity index (χ4n) is 1.04. The van der Waals surface area contributed by atoms with E-state index in [1.165, 1.54) is 7.11 Å². The van der Waals surface area contributed by atoms with Crippen molar-refractivity contribution < 1.29 is 14.3 Å². The highest BCUT2D eigenvalue weighted by atomic mass is 16.7. The molecule has 0 radical (unpaired) electrons. The molecular weight excluding hydrogens is 192 g/mol. The summed E-state index contributed by atoms with van der Waals surface area (Å²) in [6.45, 7) is 1.70. The Kier molecular flexibility index (Phi) is 4.57. The van der Waals surface area contributed by atoms with Gasteiger partial charge in [0.1, 0.15) is 12.0 Å². The van der Waals surface area contributed by atoms with E-state index in [4.69, 9.17) is 9.47 Å². The Bertz CT molecular complexity index is 330. The fraction of sp³-hybridized carbons (Fsp3) is 0.250. The van der Waals surface area contributed by atoms with Crippen molar-refractivity contribution in [2.75, 3.05) is 7.11 Å². The summed E-state index contributed by atoms with van der Waals surface area (Å²) in [5.41, 5.74) is 0.581. The van der Waals surface area contributed by atoms with E-state index in [2.05, 4.69) is 0 Å². The van der Waals surface area contributed by atoms with Crippen LogP contribution in [0.25, 0.3) is 0 Å². The molecule has 0 aliphatic rings. The minimum atomic E-state index is -0.530. The molecule has 0 bridgehead atoms. The molecule has 0 heterocycles. The summed E-state index contributed by atoms with van der Waals surface area (Å²) in [6.07, 6.45) is 1.86. The van der Waals surface area contributed by atoms with E-state index in [-0.39, 0.29) is 0 Å². The van der Waals surface area contributed by atoms with E-state index in [9.17, 15) is 4.79 Å². The number of hydrogen-bond acceptors (Lipinski definition) is 3. The van der Waals surface area contributed by atoms with Crippen molar-refractivity contribution in [2.45, 2.75) is 13.2 Å². The molecular formula is C12H14O3. The minimum Gasteiger partial charge on any atom is -0.461 e. The van der Waals surface area contributed by atoms with Crippen LogP contribution in [0.3, 0.4) is 0 Å². The maximum absolute atomic E-state index is 10.4. The summed E-state index contributed by atoms with van der Waals surface area (Å²) < 4.78 is 10.5. The van der Waals surface area contributed by atoms with E-state index in [1.807, 2.05) is 30.3 Å². The van der Waals surface area contributed by atoms with Gasteiger partial charge in [-0.25, -0.2) is 0 Å². The van der Waals surface area contributed by atoms with Gasteiger partial charge < -0.3 is 9.47 Å². The molecule has 0 spiro atoms. The first-order valence-electron chi connectivity index (χ1n) is 4.64.